The Morgan fingerprint density at radius 2 is 2.00 bits per heavy atom. The molecule has 0 bridgehead atoms. The van der Waals surface area contributed by atoms with Gasteiger partial charge in [-0.25, -0.2) is 12.8 Å². The molecule has 0 aromatic heterocycles. The number of carbonyl (C=O) groups is 1. The largest absolute Gasteiger partial charge is 0.481 e. The van der Waals surface area contributed by atoms with E-state index in [-0.39, 0.29) is 35.8 Å². The zero-order valence-electron chi connectivity index (χ0n) is 13.4. The number of nitrogens with zero attached hydrogens (tertiary/aromatic N) is 1. The number of carbonyl (C=O) groups excluding carboxylic acids is 1. The SMILES string of the molecule is O=C(COc1ccccc1F)N1CC[NH+]([C@@H]2CCS(=O)(=O)C2)CC1. The van der Waals surface area contributed by atoms with Crippen LogP contribution in [0.15, 0.2) is 24.3 Å². The van der Waals surface area contributed by atoms with Gasteiger partial charge in [-0.1, -0.05) is 12.1 Å². The van der Waals surface area contributed by atoms with Crippen LogP contribution in [0.25, 0.3) is 0 Å². The summed E-state index contributed by atoms with van der Waals surface area (Å²) in [6.45, 7) is 2.45. The van der Waals surface area contributed by atoms with E-state index in [2.05, 4.69) is 0 Å². The molecule has 1 aromatic rings. The molecular formula is C16H22FN2O4S+. The van der Waals surface area contributed by atoms with Crippen molar-refractivity contribution in [3.8, 4) is 5.75 Å². The third kappa shape index (κ3) is 4.05. The summed E-state index contributed by atoms with van der Waals surface area (Å²) in [6, 6.07) is 6.15. The van der Waals surface area contributed by atoms with E-state index in [1.54, 1.807) is 17.0 Å². The van der Waals surface area contributed by atoms with Crippen molar-refractivity contribution in [2.24, 2.45) is 0 Å². The Morgan fingerprint density at radius 1 is 1.29 bits per heavy atom. The number of nitrogens with one attached hydrogen (secondary N) is 1. The number of ether oxygens (including phenoxy) is 1. The lowest BCUT2D eigenvalue weighted by atomic mass is 10.2. The number of amides is 1. The molecule has 8 heteroatoms. The minimum atomic E-state index is -2.87. The molecule has 0 spiro atoms. The Kier molecular flexibility index (Phi) is 5.05. The van der Waals surface area contributed by atoms with E-state index in [4.69, 9.17) is 4.74 Å². The highest BCUT2D eigenvalue weighted by Crippen LogP contribution is 2.15. The Hall–Kier alpha value is -1.67. The van der Waals surface area contributed by atoms with E-state index in [9.17, 15) is 17.6 Å². The molecule has 132 valence electrons. The average Bonchev–Trinajstić information content (AvgIpc) is 2.94. The van der Waals surface area contributed by atoms with Gasteiger partial charge < -0.3 is 14.5 Å². The molecule has 2 aliphatic heterocycles. The van der Waals surface area contributed by atoms with Crippen LogP contribution in [-0.4, -0.2) is 69.6 Å². The molecule has 1 atom stereocenters. The van der Waals surface area contributed by atoms with Gasteiger partial charge in [0.15, 0.2) is 28.0 Å². The van der Waals surface area contributed by atoms with Crippen LogP contribution in [0.3, 0.4) is 0 Å². The average molecular weight is 357 g/mol. The fourth-order valence-electron chi connectivity index (χ4n) is 3.36. The fourth-order valence-corrected chi connectivity index (χ4v) is 5.19. The number of piperazine rings is 1. The van der Waals surface area contributed by atoms with Crippen molar-refractivity contribution in [1.82, 2.24) is 4.90 Å². The fraction of sp³-hybridized carbons (Fsp3) is 0.562. The van der Waals surface area contributed by atoms with Crippen molar-refractivity contribution >= 4 is 15.7 Å². The Morgan fingerprint density at radius 3 is 2.62 bits per heavy atom. The summed E-state index contributed by atoms with van der Waals surface area (Å²) in [7, 11) is -2.87. The summed E-state index contributed by atoms with van der Waals surface area (Å²) < 4.78 is 41.9. The quantitative estimate of drug-likeness (QED) is 0.760. The first kappa shape index (κ1) is 17.2. The number of halogens is 1. The van der Waals surface area contributed by atoms with Crippen LogP contribution in [0.5, 0.6) is 5.75 Å². The molecule has 24 heavy (non-hydrogen) atoms. The number of sulfone groups is 1. The minimum absolute atomic E-state index is 0.0753. The van der Waals surface area contributed by atoms with Gasteiger partial charge in [0.05, 0.1) is 31.9 Å². The molecule has 2 aliphatic rings. The number of para-hydroxylation sites is 1. The van der Waals surface area contributed by atoms with Crippen LogP contribution in [0.1, 0.15) is 6.42 Å². The van der Waals surface area contributed by atoms with Crippen molar-refractivity contribution < 1.29 is 27.2 Å². The lowest BCUT2D eigenvalue weighted by Crippen LogP contribution is -3.18. The maximum Gasteiger partial charge on any atom is 0.260 e. The topological polar surface area (TPSA) is 68.1 Å². The van der Waals surface area contributed by atoms with E-state index in [0.717, 1.165) is 13.1 Å². The van der Waals surface area contributed by atoms with Gasteiger partial charge in [-0.05, 0) is 12.1 Å². The second kappa shape index (κ2) is 7.06. The van der Waals surface area contributed by atoms with Gasteiger partial charge in [-0.2, -0.15) is 0 Å². The van der Waals surface area contributed by atoms with Crippen molar-refractivity contribution in [3.05, 3.63) is 30.1 Å². The van der Waals surface area contributed by atoms with Crippen molar-refractivity contribution in [2.75, 3.05) is 44.3 Å². The highest BCUT2D eigenvalue weighted by Gasteiger charge is 2.37. The van der Waals surface area contributed by atoms with Crippen LogP contribution >= 0.6 is 0 Å². The monoisotopic (exact) mass is 357 g/mol. The van der Waals surface area contributed by atoms with Crippen LogP contribution in [0.4, 0.5) is 4.39 Å². The molecule has 6 nitrogen and oxygen atoms in total. The highest BCUT2D eigenvalue weighted by atomic mass is 32.2. The Labute approximate surface area is 141 Å². The molecule has 2 heterocycles. The molecule has 0 aliphatic carbocycles. The van der Waals surface area contributed by atoms with Gasteiger partial charge >= 0.3 is 0 Å². The molecule has 0 radical (unpaired) electrons. The zero-order valence-corrected chi connectivity index (χ0v) is 14.2. The van der Waals surface area contributed by atoms with Crippen LogP contribution < -0.4 is 9.64 Å². The summed E-state index contributed by atoms with van der Waals surface area (Å²) >= 11 is 0. The number of hydrogen-bond donors (Lipinski definition) is 1. The van der Waals surface area contributed by atoms with Crippen molar-refractivity contribution in [1.29, 1.82) is 0 Å². The summed E-state index contributed by atoms with van der Waals surface area (Å²) in [5.74, 6) is -0.0444. The van der Waals surface area contributed by atoms with Gasteiger partial charge in [0.1, 0.15) is 11.8 Å². The third-order valence-electron chi connectivity index (χ3n) is 4.76. The van der Waals surface area contributed by atoms with Gasteiger partial charge in [0.25, 0.3) is 5.91 Å². The van der Waals surface area contributed by atoms with Gasteiger partial charge in [-0.15, -0.1) is 0 Å². The van der Waals surface area contributed by atoms with E-state index < -0.39 is 15.7 Å². The third-order valence-corrected chi connectivity index (χ3v) is 6.52. The standard InChI is InChI=1S/C16H21FN2O4S/c17-14-3-1-2-4-15(14)23-11-16(20)19-8-6-18(7-9-19)13-5-10-24(21,22)12-13/h1-4,13H,5-12H2/p+1/t13-/m1/s1. The minimum Gasteiger partial charge on any atom is -0.481 e. The molecule has 2 fully saturated rings. The smallest absolute Gasteiger partial charge is 0.260 e. The molecule has 1 N–H and O–H groups in total. The van der Waals surface area contributed by atoms with Gasteiger partial charge in [0, 0.05) is 6.42 Å². The molecule has 1 amide bonds. The lowest BCUT2D eigenvalue weighted by molar-refractivity contribution is -0.925. The second-order valence-electron chi connectivity index (χ2n) is 6.36. The predicted octanol–water partition coefficient (Wildman–Crippen LogP) is -0.881. The lowest BCUT2D eigenvalue weighted by Gasteiger charge is -2.34. The maximum atomic E-state index is 13.5. The molecule has 2 saturated heterocycles. The summed E-state index contributed by atoms with van der Waals surface area (Å²) in [5, 5.41) is 0. The summed E-state index contributed by atoms with van der Waals surface area (Å²) in [5.41, 5.74) is 0. The zero-order chi connectivity index (χ0) is 17.2. The Bertz CT molecular complexity index is 702. The molecule has 1 aromatic carbocycles. The first-order valence-electron chi connectivity index (χ1n) is 8.15. The maximum absolute atomic E-state index is 13.5. The first-order chi connectivity index (χ1) is 11.4. The number of quaternary nitrogens is 1. The molecular weight excluding hydrogens is 335 g/mol. The van der Waals surface area contributed by atoms with E-state index in [0.29, 0.717) is 19.5 Å². The van der Waals surface area contributed by atoms with Crippen molar-refractivity contribution in [2.45, 2.75) is 12.5 Å². The van der Waals surface area contributed by atoms with Gasteiger partial charge in [0.2, 0.25) is 0 Å². The predicted molar refractivity (Wildman–Crippen MR) is 86.2 cm³/mol. The van der Waals surface area contributed by atoms with E-state index >= 15 is 0 Å². The number of rotatable bonds is 4. The van der Waals surface area contributed by atoms with Crippen LogP contribution in [0, 0.1) is 5.82 Å². The van der Waals surface area contributed by atoms with Crippen molar-refractivity contribution in [3.63, 3.8) is 0 Å². The molecule has 3 rings (SSSR count). The summed E-state index contributed by atoms with van der Waals surface area (Å²) in [4.78, 5) is 15.1. The molecule has 0 saturated carbocycles. The Balaban J connectivity index is 1.46. The number of benzene rings is 1. The number of hydrogen-bond acceptors (Lipinski definition) is 4. The van der Waals surface area contributed by atoms with E-state index in [1.807, 2.05) is 0 Å². The molecule has 0 unspecified atom stereocenters. The highest BCUT2D eigenvalue weighted by molar-refractivity contribution is 7.91. The van der Waals surface area contributed by atoms with Crippen LogP contribution in [-0.2, 0) is 14.6 Å². The first-order valence-corrected chi connectivity index (χ1v) is 9.97. The van der Waals surface area contributed by atoms with Gasteiger partial charge in [-0.3, -0.25) is 4.79 Å². The normalized spacial score (nSPS) is 24.0. The summed E-state index contributed by atoms with van der Waals surface area (Å²) in [6.07, 6.45) is 0.710. The second-order valence-corrected chi connectivity index (χ2v) is 8.59. The van der Waals surface area contributed by atoms with Crippen LogP contribution in [0.2, 0.25) is 0 Å². The van der Waals surface area contributed by atoms with E-state index in [1.165, 1.54) is 17.0 Å².